The Kier molecular flexibility index (Phi) is 5.01. The molecule has 0 bridgehead atoms. The van der Waals surface area contributed by atoms with Crippen molar-refractivity contribution in [3.8, 4) is 0 Å². The molecule has 1 saturated carbocycles. The smallest absolute Gasteiger partial charge is 0.234 e. The Balaban J connectivity index is 1.61. The third-order valence-corrected chi connectivity index (χ3v) is 5.59. The molecule has 0 spiro atoms. The summed E-state index contributed by atoms with van der Waals surface area (Å²) in [6, 6.07) is 8.63. The van der Waals surface area contributed by atoms with Crippen molar-refractivity contribution in [2.45, 2.75) is 58.4 Å². The van der Waals surface area contributed by atoms with E-state index in [1.54, 1.807) is 0 Å². The third kappa shape index (κ3) is 3.79. The van der Waals surface area contributed by atoms with Gasteiger partial charge in [0.15, 0.2) is 0 Å². The van der Waals surface area contributed by atoms with E-state index in [0.29, 0.717) is 6.67 Å². The Hall–Kier alpha value is -1.68. The quantitative estimate of drug-likeness (QED) is 0.786. The number of hydrogen-bond acceptors (Lipinski definition) is 3. The fourth-order valence-corrected chi connectivity index (χ4v) is 4.08. The van der Waals surface area contributed by atoms with Crippen LogP contribution in [0.25, 0.3) is 0 Å². The number of carbonyl (C=O) groups is 2. The molecule has 1 aliphatic carbocycles. The van der Waals surface area contributed by atoms with E-state index in [1.807, 2.05) is 7.05 Å². The van der Waals surface area contributed by atoms with E-state index in [2.05, 4.69) is 49.9 Å². The van der Waals surface area contributed by atoms with Crippen LogP contribution in [0.2, 0.25) is 0 Å². The standard InChI is InChI=1S/C21H30N2O2/c1-21(2,3)16-11-9-15(10-12-16)13-22(4)14-23-19(24)17-7-5-6-8-18(17)20(23)25/h9-12,17-18H,5-8,13-14H2,1-4H3/t17-,18-/m0/s1. The number of likely N-dealkylation sites (tertiary alicyclic amines) is 1. The molecule has 25 heavy (non-hydrogen) atoms. The highest BCUT2D eigenvalue weighted by Crippen LogP contribution is 2.38. The first-order valence-electron chi connectivity index (χ1n) is 9.40. The minimum atomic E-state index is -0.0549. The summed E-state index contributed by atoms with van der Waals surface area (Å²) in [6.45, 7) is 7.75. The molecule has 4 heteroatoms. The van der Waals surface area contributed by atoms with Crippen LogP contribution < -0.4 is 0 Å². The molecule has 1 heterocycles. The van der Waals surface area contributed by atoms with E-state index in [4.69, 9.17) is 0 Å². The monoisotopic (exact) mass is 342 g/mol. The highest BCUT2D eigenvalue weighted by molar-refractivity contribution is 6.05. The summed E-state index contributed by atoms with van der Waals surface area (Å²) < 4.78 is 0. The second-order valence-corrected chi connectivity index (χ2v) is 8.70. The molecule has 3 rings (SSSR count). The fourth-order valence-electron chi connectivity index (χ4n) is 4.08. The Labute approximate surface area is 151 Å². The fraction of sp³-hybridized carbons (Fsp3) is 0.619. The summed E-state index contributed by atoms with van der Waals surface area (Å²) >= 11 is 0. The van der Waals surface area contributed by atoms with E-state index >= 15 is 0 Å². The van der Waals surface area contributed by atoms with Gasteiger partial charge in [-0.2, -0.15) is 0 Å². The van der Waals surface area contributed by atoms with Gasteiger partial charge < -0.3 is 0 Å². The van der Waals surface area contributed by atoms with Gasteiger partial charge in [0.2, 0.25) is 11.8 Å². The SMILES string of the molecule is CN(Cc1ccc(C(C)(C)C)cc1)CN1C(=O)[C@H]2CCCC[C@@H]2C1=O. The predicted octanol–water partition coefficient (Wildman–Crippen LogP) is 3.55. The first kappa shape index (κ1) is 18.1. The molecule has 2 atom stereocenters. The molecular weight excluding hydrogens is 312 g/mol. The molecule has 4 nitrogen and oxygen atoms in total. The summed E-state index contributed by atoms with van der Waals surface area (Å²) in [5.41, 5.74) is 2.66. The summed E-state index contributed by atoms with van der Waals surface area (Å²) in [5.74, 6) is -0.0179. The first-order valence-corrected chi connectivity index (χ1v) is 9.40. The van der Waals surface area contributed by atoms with Gasteiger partial charge in [-0.3, -0.25) is 19.4 Å². The van der Waals surface area contributed by atoms with Gasteiger partial charge in [0.25, 0.3) is 0 Å². The molecule has 2 aliphatic rings. The zero-order valence-corrected chi connectivity index (χ0v) is 15.9. The van der Waals surface area contributed by atoms with Gasteiger partial charge in [-0.1, -0.05) is 57.9 Å². The summed E-state index contributed by atoms with van der Waals surface area (Å²) in [5, 5.41) is 0. The molecule has 2 fully saturated rings. The lowest BCUT2D eigenvalue weighted by atomic mass is 9.81. The Morgan fingerprint density at radius 3 is 2.00 bits per heavy atom. The molecule has 136 valence electrons. The van der Waals surface area contributed by atoms with Crippen LogP contribution in [0.3, 0.4) is 0 Å². The Morgan fingerprint density at radius 2 is 1.52 bits per heavy atom. The molecule has 1 aromatic rings. The van der Waals surface area contributed by atoms with Crippen LogP contribution in [0.5, 0.6) is 0 Å². The Morgan fingerprint density at radius 1 is 1.00 bits per heavy atom. The molecule has 1 aliphatic heterocycles. The minimum Gasteiger partial charge on any atom is -0.284 e. The normalized spacial score (nSPS) is 24.1. The molecule has 0 aromatic heterocycles. The number of carbonyl (C=O) groups excluding carboxylic acids is 2. The van der Waals surface area contributed by atoms with E-state index in [1.165, 1.54) is 16.0 Å². The van der Waals surface area contributed by atoms with E-state index < -0.39 is 0 Å². The van der Waals surface area contributed by atoms with Crippen molar-refractivity contribution in [1.29, 1.82) is 0 Å². The van der Waals surface area contributed by atoms with Crippen molar-refractivity contribution in [3.05, 3.63) is 35.4 Å². The summed E-state index contributed by atoms with van der Waals surface area (Å²) in [7, 11) is 1.97. The third-order valence-electron chi connectivity index (χ3n) is 5.59. The number of imide groups is 1. The molecule has 2 amide bonds. The van der Waals surface area contributed by atoms with Gasteiger partial charge in [0, 0.05) is 6.54 Å². The number of fused-ring (bicyclic) bond motifs is 1. The van der Waals surface area contributed by atoms with Crippen LogP contribution in [-0.2, 0) is 21.5 Å². The summed E-state index contributed by atoms with van der Waals surface area (Å²) in [4.78, 5) is 28.7. The maximum absolute atomic E-state index is 12.6. The van der Waals surface area contributed by atoms with Gasteiger partial charge in [-0.05, 0) is 36.4 Å². The van der Waals surface area contributed by atoms with Crippen molar-refractivity contribution < 1.29 is 9.59 Å². The van der Waals surface area contributed by atoms with Crippen LogP contribution in [0.15, 0.2) is 24.3 Å². The molecule has 0 radical (unpaired) electrons. The van der Waals surface area contributed by atoms with Gasteiger partial charge in [0.1, 0.15) is 0 Å². The molecular formula is C21H30N2O2. The van der Waals surface area contributed by atoms with Crippen LogP contribution in [0.4, 0.5) is 0 Å². The van der Waals surface area contributed by atoms with Gasteiger partial charge >= 0.3 is 0 Å². The van der Waals surface area contributed by atoms with Crippen molar-refractivity contribution in [2.75, 3.05) is 13.7 Å². The number of rotatable bonds is 4. The van der Waals surface area contributed by atoms with E-state index in [0.717, 1.165) is 32.2 Å². The lowest BCUT2D eigenvalue weighted by molar-refractivity contribution is -0.142. The van der Waals surface area contributed by atoms with Crippen molar-refractivity contribution in [3.63, 3.8) is 0 Å². The predicted molar refractivity (Wildman–Crippen MR) is 98.8 cm³/mol. The van der Waals surface area contributed by atoms with Gasteiger partial charge in [-0.25, -0.2) is 0 Å². The molecule has 1 saturated heterocycles. The lowest BCUT2D eigenvalue weighted by Gasteiger charge is -2.24. The number of hydrogen-bond donors (Lipinski definition) is 0. The highest BCUT2D eigenvalue weighted by atomic mass is 16.2. The van der Waals surface area contributed by atoms with Gasteiger partial charge in [0.05, 0.1) is 18.5 Å². The average molecular weight is 342 g/mol. The molecule has 1 aromatic carbocycles. The maximum atomic E-state index is 12.6. The topological polar surface area (TPSA) is 40.6 Å². The molecule has 0 unspecified atom stereocenters. The van der Waals surface area contributed by atoms with Crippen LogP contribution in [0, 0.1) is 11.8 Å². The second-order valence-electron chi connectivity index (χ2n) is 8.70. The van der Waals surface area contributed by atoms with Crippen LogP contribution in [0.1, 0.15) is 57.6 Å². The van der Waals surface area contributed by atoms with Gasteiger partial charge in [-0.15, -0.1) is 0 Å². The maximum Gasteiger partial charge on any atom is 0.234 e. The zero-order valence-electron chi connectivity index (χ0n) is 15.9. The Bertz CT molecular complexity index is 621. The number of benzene rings is 1. The molecule has 0 N–H and O–H groups in total. The first-order chi connectivity index (χ1) is 11.8. The van der Waals surface area contributed by atoms with Crippen LogP contribution in [-0.4, -0.2) is 35.3 Å². The average Bonchev–Trinajstić information content (AvgIpc) is 2.80. The largest absolute Gasteiger partial charge is 0.284 e. The van der Waals surface area contributed by atoms with Crippen molar-refractivity contribution in [2.24, 2.45) is 11.8 Å². The summed E-state index contributed by atoms with van der Waals surface area (Å²) in [6.07, 6.45) is 3.90. The van der Waals surface area contributed by atoms with Crippen LogP contribution >= 0.6 is 0 Å². The zero-order chi connectivity index (χ0) is 18.2. The van der Waals surface area contributed by atoms with Crippen molar-refractivity contribution in [1.82, 2.24) is 9.80 Å². The lowest BCUT2D eigenvalue weighted by Crippen LogP contribution is -2.40. The van der Waals surface area contributed by atoms with E-state index in [-0.39, 0.29) is 29.1 Å². The van der Waals surface area contributed by atoms with E-state index in [9.17, 15) is 9.59 Å². The van der Waals surface area contributed by atoms with Crippen molar-refractivity contribution >= 4 is 11.8 Å². The number of nitrogens with zero attached hydrogens (tertiary/aromatic N) is 2. The highest BCUT2D eigenvalue weighted by Gasteiger charge is 2.48. The minimum absolute atomic E-state index is 0.0460. The second kappa shape index (κ2) is 6.91. The number of amides is 2.